The van der Waals surface area contributed by atoms with E-state index in [-0.39, 0.29) is 12.5 Å². The van der Waals surface area contributed by atoms with Gasteiger partial charge in [-0.05, 0) is 5.57 Å². The Labute approximate surface area is 114 Å². The second-order valence-corrected chi connectivity index (χ2v) is 4.67. The zero-order chi connectivity index (χ0) is 14.4. The lowest BCUT2D eigenvalue weighted by Crippen LogP contribution is -2.24. The maximum atomic E-state index is 14.2. The lowest BCUT2D eigenvalue weighted by atomic mass is 10.0. The number of allylic oxidation sites excluding steroid dienone is 1. The van der Waals surface area contributed by atoms with E-state index in [2.05, 4.69) is 21.9 Å². The van der Waals surface area contributed by atoms with E-state index < -0.39 is 30.2 Å². The number of fused-ring (bicyclic) bond motifs is 1. The van der Waals surface area contributed by atoms with E-state index >= 15 is 0 Å². The number of hydrogen-bond donors (Lipinski definition) is 4. The molecule has 3 rings (SSSR count). The van der Waals surface area contributed by atoms with Crippen molar-refractivity contribution in [2.24, 2.45) is 16.6 Å². The van der Waals surface area contributed by atoms with Crippen LogP contribution in [0.5, 0.6) is 0 Å². The predicted octanol–water partition coefficient (Wildman–Crippen LogP) is 0.430. The molecule has 106 valence electrons. The minimum atomic E-state index is -0.901. The number of nitrogens with two attached hydrogens (primary N) is 1. The van der Waals surface area contributed by atoms with Crippen LogP contribution >= 0.6 is 0 Å². The second-order valence-electron chi connectivity index (χ2n) is 4.67. The van der Waals surface area contributed by atoms with Crippen molar-refractivity contribution < 1.29 is 14.6 Å². The molecular formula is C12H14FN5O2. The Kier molecular flexibility index (Phi) is 2.75. The zero-order valence-electron chi connectivity index (χ0n) is 10.5. The van der Waals surface area contributed by atoms with Gasteiger partial charge in [0.1, 0.15) is 35.8 Å². The number of aromatic nitrogens is 2. The van der Waals surface area contributed by atoms with Crippen molar-refractivity contribution in [2.45, 2.75) is 6.04 Å². The highest BCUT2D eigenvalue weighted by molar-refractivity contribution is 6.01. The maximum absolute atomic E-state index is 14.2. The molecule has 1 aliphatic heterocycles. The van der Waals surface area contributed by atoms with E-state index in [4.69, 9.17) is 5.73 Å². The summed E-state index contributed by atoms with van der Waals surface area (Å²) in [6, 6.07) is -0.901. The monoisotopic (exact) mass is 279 g/mol. The van der Waals surface area contributed by atoms with Gasteiger partial charge in [-0.2, -0.15) is 0 Å². The molecule has 0 bridgehead atoms. The number of aliphatic imine (C=N–C) groups is 1. The van der Waals surface area contributed by atoms with Gasteiger partial charge in [-0.15, -0.1) is 0 Å². The number of nitrogens with one attached hydrogen (secondary N) is 1. The number of rotatable bonds is 2. The van der Waals surface area contributed by atoms with Gasteiger partial charge in [0, 0.05) is 0 Å². The van der Waals surface area contributed by atoms with Crippen molar-refractivity contribution in [3.05, 3.63) is 35.8 Å². The van der Waals surface area contributed by atoms with Gasteiger partial charge >= 0.3 is 0 Å². The average Bonchev–Trinajstić information content (AvgIpc) is 2.92. The standard InChI is InChI=1S/C12H14FN5O2/c1-5-6(2-19)10(20)7(13)9(5)18-4-17-8-11(14)15-3-16-12(8)18/h4,6,9,16,19-20H,1-3H2,(H2,14,15)/t6-,9+/m0/s1. The third-order valence-electron chi connectivity index (χ3n) is 3.61. The van der Waals surface area contributed by atoms with Gasteiger partial charge in [0.05, 0.1) is 18.9 Å². The van der Waals surface area contributed by atoms with Crippen LogP contribution in [0.3, 0.4) is 0 Å². The van der Waals surface area contributed by atoms with E-state index in [1.54, 1.807) is 0 Å². The minimum absolute atomic E-state index is 0.268. The number of hydrogen-bond acceptors (Lipinski definition) is 6. The van der Waals surface area contributed by atoms with Gasteiger partial charge in [-0.1, -0.05) is 6.58 Å². The van der Waals surface area contributed by atoms with Gasteiger partial charge in [-0.25, -0.2) is 14.4 Å². The molecule has 8 heteroatoms. The smallest absolute Gasteiger partial charge is 0.165 e. The molecular weight excluding hydrogens is 265 g/mol. The molecule has 2 atom stereocenters. The van der Waals surface area contributed by atoms with Crippen LogP contribution in [0, 0.1) is 5.92 Å². The predicted molar refractivity (Wildman–Crippen MR) is 71.0 cm³/mol. The molecule has 5 N–H and O–H groups in total. The largest absolute Gasteiger partial charge is 0.509 e. The van der Waals surface area contributed by atoms with Crippen molar-refractivity contribution in [2.75, 3.05) is 18.6 Å². The van der Waals surface area contributed by atoms with E-state index in [1.807, 2.05) is 0 Å². The van der Waals surface area contributed by atoms with Crippen LogP contribution in [0.4, 0.5) is 10.2 Å². The summed E-state index contributed by atoms with van der Waals surface area (Å²) in [4.78, 5) is 8.08. The first-order valence-corrected chi connectivity index (χ1v) is 6.05. The second kappa shape index (κ2) is 4.34. The summed E-state index contributed by atoms with van der Waals surface area (Å²) in [6.45, 7) is 3.64. The van der Waals surface area contributed by atoms with Crippen LogP contribution < -0.4 is 11.1 Å². The molecule has 20 heavy (non-hydrogen) atoms. The van der Waals surface area contributed by atoms with E-state index in [0.717, 1.165) is 0 Å². The molecule has 1 aromatic rings. The molecule has 7 nitrogen and oxygen atoms in total. The van der Waals surface area contributed by atoms with Crippen LogP contribution in [0.15, 0.2) is 35.1 Å². The fourth-order valence-corrected chi connectivity index (χ4v) is 2.53. The summed E-state index contributed by atoms with van der Waals surface area (Å²) in [5, 5.41) is 21.9. The molecule has 0 saturated heterocycles. The molecule has 0 spiro atoms. The summed E-state index contributed by atoms with van der Waals surface area (Å²) in [6.07, 6.45) is 1.41. The van der Waals surface area contributed by atoms with Gasteiger partial charge in [-0.3, -0.25) is 0 Å². The molecule has 0 aromatic carbocycles. The number of aliphatic hydroxyl groups is 2. The van der Waals surface area contributed by atoms with Crippen LogP contribution in [-0.4, -0.2) is 38.9 Å². The number of imidazole rings is 1. The minimum Gasteiger partial charge on any atom is -0.509 e. The third kappa shape index (κ3) is 1.54. The Morgan fingerprint density at radius 2 is 2.35 bits per heavy atom. The van der Waals surface area contributed by atoms with Crippen LogP contribution in [0.1, 0.15) is 11.7 Å². The highest BCUT2D eigenvalue weighted by Crippen LogP contribution is 2.44. The Morgan fingerprint density at radius 3 is 3.00 bits per heavy atom. The Morgan fingerprint density at radius 1 is 1.60 bits per heavy atom. The highest BCUT2D eigenvalue weighted by atomic mass is 19.1. The molecule has 2 heterocycles. The summed E-state index contributed by atoms with van der Waals surface area (Å²) in [5.74, 6) is -1.23. The first-order valence-electron chi connectivity index (χ1n) is 6.05. The zero-order valence-corrected chi connectivity index (χ0v) is 10.5. The summed E-state index contributed by atoms with van der Waals surface area (Å²) in [7, 11) is 0. The molecule has 1 aromatic heterocycles. The molecule has 0 radical (unpaired) electrons. The van der Waals surface area contributed by atoms with Gasteiger partial charge in [0.2, 0.25) is 0 Å². The normalized spacial score (nSPS) is 25.5. The molecule has 1 aliphatic carbocycles. The van der Waals surface area contributed by atoms with Gasteiger partial charge in [0.15, 0.2) is 5.83 Å². The summed E-state index contributed by atoms with van der Waals surface area (Å²) >= 11 is 0. The van der Waals surface area contributed by atoms with Crippen molar-refractivity contribution in [1.82, 2.24) is 9.55 Å². The van der Waals surface area contributed by atoms with E-state index in [0.29, 0.717) is 17.1 Å². The Hall–Kier alpha value is -2.35. The topological polar surface area (TPSA) is 109 Å². The van der Waals surface area contributed by atoms with Crippen molar-refractivity contribution in [1.29, 1.82) is 0 Å². The maximum Gasteiger partial charge on any atom is 0.165 e. The first kappa shape index (κ1) is 12.7. The first-order chi connectivity index (χ1) is 9.56. The number of aliphatic hydroxyl groups excluding tert-OH is 2. The third-order valence-corrected chi connectivity index (χ3v) is 3.61. The van der Waals surface area contributed by atoms with E-state index in [9.17, 15) is 14.6 Å². The van der Waals surface area contributed by atoms with Gasteiger partial charge < -0.3 is 25.8 Å². The van der Waals surface area contributed by atoms with Crippen molar-refractivity contribution >= 4 is 11.7 Å². The Bertz CT molecular complexity index is 648. The number of nitrogens with zero attached hydrogens (tertiary/aromatic N) is 3. The average molecular weight is 279 g/mol. The van der Waals surface area contributed by atoms with Crippen LogP contribution in [0.2, 0.25) is 0 Å². The lowest BCUT2D eigenvalue weighted by molar-refractivity contribution is 0.225. The highest BCUT2D eigenvalue weighted by Gasteiger charge is 2.40. The number of amidine groups is 1. The Balaban J connectivity index is 2.08. The van der Waals surface area contributed by atoms with Crippen molar-refractivity contribution in [3.63, 3.8) is 0 Å². The fraction of sp³-hybridized carbons (Fsp3) is 0.333. The van der Waals surface area contributed by atoms with Crippen LogP contribution in [-0.2, 0) is 0 Å². The summed E-state index contributed by atoms with van der Waals surface area (Å²) in [5.41, 5.74) is 6.53. The molecule has 0 fully saturated rings. The quantitative estimate of drug-likeness (QED) is 0.587. The van der Waals surface area contributed by atoms with E-state index in [1.165, 1.54) is 10.9 Å². The SMILES string of the molecule is C=C1[C@H](CO)C(O)=C(F)[C@@H]1n1cnc2c1NCN=C2N. The summed E-state index contributed by atoms with van der Waals surface area (Å²) < 4.78 is 15.7. The lowest BCUT2D eigenvalue weighted by Gasteiger charge is -2.20. The van der Waals surface area contributed by atoms with Crippen LogP contribution in [0.25, 0.3) is 0 Å². The molecule has 0 unspecified atom stereocenters. The molecule has 2 aliphatic rings. The molecule has 0 saturated carbocycles. The molecule has 0 amide bonds. The number of anilines is 1. The fourth-order valence-electron chi connectivity index (χ4n) is 2.53. The number of halogens is 1. The van der Waals surface area contributed by atoms with Crippen molar-refractivity contribution in [3.8, 4) is 0 Å². The van der Waals surface area contributed by atoms with Gasteiger partial charge in [0.25, 0.3) is 0 Å².